The zero-order valence-electron chi connectivity index (χ0n) is 10.7. The Morgan fingerprint density at radius 3 is 2.88 bits per heavy atom. The lowest BCUT2D eigenvalue weighted by Gasteiger charge is -2.41. The summed E-state index contributed by atoms with van der Waals surface area (Å²) in [6.45, 7) is 4.42. The molecule has 2 heteroatoms. The molecular formula is C15H21NO. The van der Waals surface area contributed by atoms with Crippen molar-refractivity contribution in [3.8, 4) is 0 Å². The van der Waals surface area contributed by atoms with Crippen molar-refractivity contribution in [2.24, 2.45) is 5.41 Å². The zero-order valence-corrected chi connectivity index (χ0v) is 10.7. The van der Waals surface area contributed by atoms with Gasteiger partial charge in [-0.25, -0.2) is 0 Å². The largest absolute Gasteiger partial charge is 0.389 e. The molecule has 1 N–H and O–H groups in total. The Bertz CT molecular complexity index is 440. The van der Waals surface area contributed by atoms with Crippen LogP contribution in [0.2, 0.25) is 0 Å². The minimum Gasteiger partial charge on any atom is -0.389 e. The second-order valence-electron chi connectivity index (χ2n) is 6.30. The molecule has 1 fully saturated rings. The predicted molar refractivity (Wildman–Crippen MR) is 67.9 cm³/mol. The van der Waals surface area contributed by atoms with Crippen LogP contribution in [0.15, 0.2) is 18.3 Å². The lowest BCUT2D eigenvalue weighted by atomic mass is 9.69. The first-order chi connectivity index (χ1) is 8.05. The van der Waals surface area contributed by atoms with E-state index >= 15 is 0 Å². The van der Waals surface area contributed by atoms with Crippen molar-refractivity contribution in [2.75, 3.05) is 0 Å². The molecule has 0 bridgehead atoms. The number of hydrogen-bond acceptors (Lipinski definition) is 2. The lowest BCUT2D eigenvalue weighted by molar-refractivity contribution is -0.0662. The Hall–Kier alpha value is -0.890. The molecule has 1 heterocycles. The van der Waals surface area contributed by atoms with Gasteiger partial charge in [-0.1, -0.05) is 19.9 Å². The number of nitrogens with zero attached hydrogens (tertiary/aromatic N) is 1. The van der Waals surface area contributed by atoms with E-state index in [1.165, 1.54) is 5.56 Å². The second-order valence-corrected chi connectivity index (χ2v) is 6.30. The first-order valence-electron chi connectivity index (χ1n) is 6.71. The van der Waals surface area contributed by atoms with Crippen molar-refractivity contribution >= 4 is 0 Å². The summed E-state index contributed by atoms with van der Waals surface area (Å²) in [7, 11) is 0. The lowest BCUT2D eigenvalue weighted by Crippen LogP contribution is -2.45. The Kier molecular flexibility index (Phi) is 2.34. The number of aliphatic hydroxyl groups is 1. The summed E-state index contributed by atoms with van der Waals surface area (Å²) in [6, 6.07) is 4.17. The highest BCUT2D eigenvalue weighted by molar-refractivity contribution is 5.32. The van der Waals surface area contributed by atoms with E-state index in [0.717, 1.165) is 37.8 Å². The maximum atomic E-state index is 11.1. The first kappa shape index (κ1) is 11.2. The van der Waals surface area contributed by atoms with E-state index in [4.69, 9.17) is 0 Å². The van der Waals surface area contributed by atoms with Crippen molar-refractivity contribution in [3.63, 3.8) is 0 Å². The van der Waals surface area contributed by atoms with Crippen molar-refractivity contribution < 1.29 is 5.11 Å². The normalized spacial score (nSPS) is 34.9. The van der Waals surface area contributed by atoms with Gasteiger partial charge in [-0.15, -0.1) is 0 Å². The van der Waals surface area contributed by atoms with E-state index in [1.807, 2.05) is 12.3 Å². The van der Waals surface area contributed by atoms with Crippen LogP contribution in [0.3, 0.4) is 0 Å². The maximum Gasteiger partial charge on any atom is 0.0781 e. The number of fused-ring (bicyclic) bond motifs is 1. The van der Waals surface area contributed by atoms with Crippen LogP contribution in [-0.4, -0.2) is 15.7 Å². The minimum absolute atomic E-state index is 0.0246. The van der Waals surface area contributed by atoms with E-state index in [1.54, 1.807) is 0 Å². The first-order valence-corrected chi connectivity index (χ1v) is 6.71. The summed E-state index contributed by atoms with van der Waals surface area (Å²) in [5.41, 5.74) is 1.97. The summed E-state index contributed by atoms with van der Waals surface area (Å²) >= 11 is 0. The van der Waals surface area contributed by atoms with Crippen LogP contribution in [0.5, 0.6) is 0 Å². The maximum absolute atomic E-state index is 11.1. The molecule has 2 aliphatic carbocycles. The van der Waals surface area contributed by atoms with E-state index in [9.17, 15) is 5.11 Å². The number of aryl methyl sites for hydroxylation is 1. The molecule has 0 saturated heterocycles. The fourth-order valence-corrected chi connectivity index (χ4v) is 3.88. The van der Waals surface area contributed by atoms with Gasteiger partial charge in [-0.3, -0.25) is 4.98 Å². The van der Waals surface area contributed by atoms with Gasteiger partial charge in [0.05, 0.1) is 5.60 Å². The van der Waals surface area contributed by atoms with Crippen LogP contribution in [-0.2, 0) is 6.42 Å². The molecule has 92 valence electrons. The predicted octanol–water partition coefficient (Wildman–Crippen LogP) is 3.05. The van der Waals surface area contributed by atoms with Gasteiger partial charge >= 0.3 is 0 Å². The minimum atomic E-state index is -0.549. The molecule has 0 spiro atoms. The van der Waals surface area contributed by atoms with Crippen LogP contribution < -0.4 is 0 Å². The van der Waals surface area contributed by atoms with E-state index in [0.29, 0.717) is 0 Å². The van der Waals surface area contributed by atoms with Gasteiger partial charge in [0.2, 0.25) is 0 Å². The summed E-state index contributed by atoms with van der Waals surface area (Å²) < 4.78 is 0. The highest BCUT2D eigenvalue weighted by Gasteiger charge is 2.54. The molecule has 2 atom stereocenters. The molecule has 1 saturated carbocycles. The summed E-state index contributed by atoms with van der Waals surface area (Å²) in [5.74, 6) is 0.246. The van der Waals surface area contributed by atoms with Crippen LogP contribution >= 0.6 is 0 Å². The molecule has 3 rings (SSSR count). The van der Waals surface area contributed by atoms with Gasteiger partial charge in [0.25, 0.3) is 0 Å². The third kappa shape index (κ3) is 1.46. The molecule has 0 radical (unpaired) electrons. The summed E-state index contributed by atoms with van der Waals surface area (Å²) in [5, 5.41) is 11.1. The number of aromatic nitrogens is 1. The van der Waals surface area contributed by atoms with Crippen LogP contribution in [0.25, 0.3) is 0 Å². The molecule has 1 aromatic rings. The summed E-state index contributed by atoms with van der Waals surface area (Å²) in [4.78, 5) is 4.54. The van der Waals surface area contributed by atoms with Crippen LogP contribution in [0, 0.1) is 5.41 Å². The van der Waals surface area contributed by atoms with Crippen LogP contribution in [0.1, 0.15) is 56.7 Å². The van der Waals surface area contributed by atoms with E-state index < -0.39 is 5.60 Å². The van der Waals surface area contributed by atoms with Crippen LogP contribution in [0.4, 0.5) is 0 Å². The molecule has 2 unspecified atom stereocenters. The fraction of sp³-hybridized carbons (Fsp3) is 0.667. The topological polar surface area (TPSA) is 33.1 Å². The molecular weight excluding hydrogens is 210 g/mol. The fourth-order valence-electron chi connectivity index (χ4n) is 3.88. The van der Waals surface area contributed by atoms with Gasteiger partial charge < -0.3 is 5.11 Å². The van der Waals surface area contributed by atoms with E-state index in [2.05, 4.69) is 24.9 Å². The van der Waals surface area contributed by atoms with Crippen molar-refractivity contribution in [1.29, 1.82) is 0 Å². The molecule has 0 amide bonds. The molecule has 0 aromatic carbocycles. The number of hydrogen-bond donors (Lipinski definition) is 1. The second kappa shape index (κ2) is 3.55. The van der Waals surface area contributed by atoms with Gasteiger partial charge in [0.1, 0.15) is 0 Å². The van der Waals surface area contributed by atoms with Gasteiger partial charge in [-0.05, 0) is 49.1 Å². The molecule has 2 nitrogen and oxygen atoms in total. The van der Waals surface area contributed by atoms with Crippen molar-refractivity contribution in [1.82, 2.24) is 4.98 Å². The highest BCUT2D eigenvalue weighted by atomic mass is 16.3. The average Bonchev–Trinajstić information content (AvgIpc) is 2.82. The molecule has 2 aliphatic rings. The number of pyridine rings is 1. The highest BCUT2D eigenvalue weighted by Crippen LogP contribution is 2.55. The number of rotatable bonds is 1. The van der Waals surface area contributed by atoms with Gasteiger partial charge in [-0.2, -0.15) is 0 Å². The van der Waals surface area contributed by atoms with Gasteiger partial charge in [0, 0.05) is 17.8 Å². The molecule has 0 aliphatic heterocycles. The Morgan fingerprint density at radius 1 is 1.35 bits per heavy atom. The molecule has 1 aromatic heterocycles. The zero-order chi connectivity index (χ0) is 12.1. The Balaban J connectivity index is 2.02. The van der Waals surface area contributed by atoms with Gasteiger partial charge in [0.15, 0.2) is 0 Å². The average molecular weight is 231 g/mol. The summed E-state index contributed by atoms with van der Waals surface area (Å²) in [6.07, 6.45) is 7.20. The molecule has 17 heavy (non-hydrogen) atoms. The SMILES string of the molecule is CC1(C)CCCC1(O)C1CCc2cccnc21. The standard InChI is InChI=1S/C15H21NO/c1-14(2)8-4-9-15(14,17)12-7-6-11-5-3-10-16-13(11)12/h3,5,10,12,17H,4,6-9H2,1-2H3. The Labute approximate surface area is 103 Å². The smallest absolute Gasteiger partial charge is 0.0781 e. The third-order valence-electron chi connectivity index (χ3n) is 5.07. The third-order valence-corrected chi connectivity index (χ3v) is 5.07. The monoisotopic (exact) mass is 231 g/mol. The van der Waals surface area contributed by atoms with E-state index in [-0.39, 0.29) is 11.3 Å². The van der Waals surface area contributed by atoms with Crippen molar-refractivity contribution in [2.45, 2.75) is 57.5 Å². The Morgan fingerprint density at radius 2 is 2.18 bits per heavy atom. The van der Waals surface area contributed by atoms with Crippen molar-refractivity contribution in [3.05, 3.63) is 29.6 Å². The quantitative estimate of drug-likeness (QED) is 0.806.